The van der Waals surface area contributed by atoms with E-state index in [0.717, 1.165) is 0 Å². The lowest BCUT2D eigenvalue weighted by Gasteiger charge is -2.08. The van der Waals surface area contributed by atoms with Gasteiger partial charge in [-0.3, -0.25) is 4.79 Å². The standard InChI is InChI=1S/C23H14F3N5O3/c1-11-16(21-29-18-14(33-2)8-5-9-15(18)34-21)22(32)31-20(28-11)17(19(30-31)23(24,25)26)13-7-4-3-6-12(13)10-27/h3-9,28H,1-2H3. The third kappa shape index (κ3) is 3.11. The Morgan fingerprint density at radius 3 is 2.62 bits per heavy atom. The first kappa shape index (κ1) is 21.3. The molecule has 170 valence electrons. The fourth-order valence-corrected chi connectivity index (χ4v) is 3.89. The summed E-state index contributed by atoms with van der Waals surface area (Å²) < 4.78 is 53.5. The second kappa shape index (κ2) is 7.48. The van der Waals surface area contributed by atoms with Crippen molar-refractivity contribution in [1.29, 1.82) is 5.26 Å². The summed E-state index contributed by atoms with van der Waals surface area (Å²) in [5.41, 5.74) is -1.90. The highest BCUT2D eigenvalue weighted by molar-refractivity contribution is 5.85. The smallest absolute Gasteiger partial charge is 0.435 e. The number of H-pyrrole nitrogens is 1. The summed E-state index contributed by atoms with van der Waals surface area (Å²) in [5.74, 6) is 0.319. The Hall–Kier alpha value is -4.59. The van der Waals surface area contributed by atoms with Gasteiger partial charge < -0.3 is 14.1 Å². The molecule has 3 aromatic heterocycles. The van der Waals surface area contributed by atoms with Gasteiger partial charge in [0.2, 0.25) is 5.89 Å². The summed E-state index contributed by atoms with van der Waals surface area (Å²) in [6.45, 7) is 1.52. The van der Waals surface area contributed by atoms with Crippen molar-refractivity contribution in [3.63, 3.8) is 0 Å². The maximum absolute atomic E-state index is 14.0. The number of nitriles is 1. The summed E-state index contributed by atoms with van der Waals surface area (Å²) in [4.78, 5) is 20.5. The van der Waals surface area contributed by atoms with E-state index in [-0.39, 0.29) is 33.9 Å². The van der Waals surface area contributed by atoms with Crippen LogP contribution in [0.25, 0.3) is 39.3 Å². The van der Waals surface area contributed by atoms with Crippen molar-refractivity contribution in [3.8, 4) is 34.4 Å². The zero-order chi connectivity index (χ0) is 24.2. The number of benzene rings is 2. The molecule has 0 aliphatic carbocycles. The van der Waals surface area contributed by atoms with E-state index in [1.54, 1.807) is 18.2 Å². The molecule has 0 aliphatic rings. The molecule has 2 aromatic carbocycles. The van der Waals surface area contributed by atoms with Gasteiger partial charge in [-0.2, -0.15) is 28.0 Å². The average molecular weight is 465 g/mol. The van der Waals surface area contributed by atoms with Gasteiger partial charge in [0, 0.05) is 11.3 Å². The van der Waals surface area contributed by atoms with Gasteiger partial charge >= 0.3 is 6.18 Å². The number of para-hydroxylation sites is 1. The lowest BCUT2D eigenvalue weighted by molar-refractivity contribution is -0.140. The van der Waals surface area contributed by atoms with E-state index >= 15 is 0 Å². The third-order valence-corrected chi connectivity index (χ3v) is 5.37. The molecule has 0 aliphatic heterocycles. The minimum absolute atomic E-state index is 0.00160. The molecule has 5 rings (SSSR count). The van der Waals surface area contributed by atoms with Crippen LogP contribution in [0, 0.1) is 18.3 Å². The van der Waals surface area contributed by atoms with Crippen molar-refractivity contribution in [2.24, 2.45) is 0 Å². The van der Waals surface area contributed by atoms with Crippen molar-refractivity contribution in [2.75, 3.05) is 7.11 Å². The maximum Gasteiger partial charge on any atom is 0.435 e. The van der Waals surface area contributed by atoms with E-state index in [9.17, 15) is 23.2 Å². The number of nitrogens with one attached hydrogen (secondary N) is 1. The Morgan fingerprint density at radius 2 is 1.91 bits per heavy atom. The summed E-state index contributed by atoms with van der Waals surface area (Å²) in [5, 5.41) is 13.0. The van der Waals surface area contributed by atoms with Crippen LogP contribution in [-0.4, -0.2) is 26.7 Å². The quantitative estimate of drug-likeness (QED) is 0.414. The Bertz CT molecular complexity index is 1690. The zero-order valence-corrected chi connectivity index (χ0v) is 17.7. The number of aryl methyl sites for hydroxylation is 1. The molecular formula is C23H14F3N5O3. The summed E-state index contributed by atoms with van der Waals surface area (Å²) >= 11 is 0. The maximum atomic E-state index is 14.0. The van der Waals surface area contributed by atoms with Crippen molar-refractivity contribution in [3.05, 3.63) is 69.8 Å². The molecule has 0 saturated carbocycles. The highest BCUT2D eigenvalue weighted by atomic mass is 19.4. The first-order chi connectivity index (χ1) is 16.2. The minimum atomic E-state index is -4.89. The third-order valence-electron chi connectivity index (χ3n) is 5.37. The first-order valence-corrected chi connectivity index (χ1v) is 9.90. The summed E-state index contributed by atoms with van der Waals surface area (Å²) in [7, 11) is 1.45. The fraction of sp³-hybridized carbons (Fsp3) is 0.130. The minimum Gasteiger partial charge on any atom is -0.494 e. The Labute approximate surface area is 188 Å². The molecule has 0 unspecified atom stereocenters. The fourth-order valence-electron chi connectivity index (χ4n) is 3.89. The topological polar surface area (TPSA) is 109 Å². The van der Waals surface area contributed by atoms with Gasteiger partial charge in [0.25, 0.3) is 5.56 Å². The SMILES string of the molecule is COc1cccc2oc(-c3c(C)[nH]c4c(-c5ccccc5C#N)c(C(F)(F)F)nn4c3=O)nc12. The van der Waals surface area contributed by atoms with Crippen molar-refractivity contribution in [1.82, 2.24) is 19.6 Å². The molecule has 1 N–H and O–H groups in total. The molecule has 0 spiro atoms. The molecule has 0 atom stereocenters. The molecule has 3 heterocycles. The molecule has 0 fully saturated rings. The van der Waals surface area contributed by atoms with Crippen LogP contribution in [0.1, 0.15) is 17.0 Å². The number of alkyl halides is 3. The summed E-state index contributed by atoms with van der Waals surface area (Å²) in [6, 6.07) is 12.7. The van der Waals surface area contributed by atoms with E-state index in [1.165, 1.54) is 38.3 Å². The van der Waals surface area contributed by atoms with Crippen molar-refractivity contribution < 1.29 is 22.3 Å². The normalized spacial score (nSPS) is 11.8. The largest absolute Gasteiger partial charge is 0.494 e. The van der Waals surface area contributed by atoms with Crippen LogP contribution in [0.2, 0.25) is 0 Å². The molecule has 0 bridgehead atoms. The highest BCUT2D eigenvalue weighted by Gasteiger charge is 2.40. The Balaban J connectivity index is 1.85. The number of ether oxygens (including phenoxy) is 1. The van der Waals surface area contributed by atoms with Crippen molar-refractivity contribution >= 4 is 16.7 Å². The van der Waals surface area contributed by atoms with E-state index in [1.807, 2.05) is 6.07 Å². The van der Waals surface area contributed by atoms with Crippen LogP contribution in [0.15, 0.2) is 51.7 Å². The molecule has 8 nitrogen and oxygen atoms in total. The number of aromatic amines is 1. The number of aromatic nitrogens is 4. The van der Waals surface area contributed by atoms with Gasteiger partial charge in [0.15, 0.2) is 16.8 Å². The van der Waals surface area contributed by atoms with E-state index < -0.39 is 23.0 Å². The number of nitrogens with zero attached hydrogens (tertiary/aromatic N) is 4. The summed E-state index contributed by atoms with van der Waals surface area (Å²) in [6.07, 6.45) is -4.89. The lowest BCUT2D eigenvalue weighted by Crippen LogP contribution is -2.20. The zero-order valence-electron chi connectivity index (χ0n) is 17.7. The first-order valence-electron chi connectivity index (χ1n) is 9.90. The van der Waals surface area contributed by atoms with Crippen LogP contribution in [-0.2, 0) is 6.18 Å². The van der Waals surface area contributed by atoms with Crippen LogP contribution in [0.5, 0.6) is 5.75 Å². The van der Waals surface area contributed by atoms with Crippen LogP contribution in [0.4, 0.5) is 13.2 Å². The number of hydrogen-bond acceptors (Lipinski definition) is 6. The van der Waals surface area contributed by atoms with Gasteiger partial charge in [-0.25, -0.2) is 4.98 Å². The van der Waals surface area contributed by atoms with Crippen molar-refractivity contribution in [2.45, 2.75) is 13.1 Å². The molecule has 0 radical (unpaired) electrons. The number of hydrogen-bond donors (Lipinski definition) is 1. The van der Waals surface area contributed by atoms with Gasteiger partial charge in [0.1, 0.15) is 17.0 Å². The molecule has 5 aromatic rings. The number of methoxy groups -OCH3 is 1. The van der Waals surface area contributed by atoms with Crippen LogP contribution < -0.4 is 10.3 Å². The predicted molar refractivity (Wildman–Crippen MR) is 115 cm³/mol. The van der Waals surface area contributed by atoms with Crippen LogP contribution in [0.3, 0.4) is 0 Å². The van der Waals surface area contributed by atoms with Crippen LogP contribution >= 0.6 is 0 Å². The Morgan fingerprint density at radius 1 is 1.15 bits per heavy atom. The van der Waals surface area contributed by atoms with E-state index in [2.05, 4.69) is 15.1 Å². The monoisotopic (exact) mass is 465 g/mol. The predicted octanol–water partition coefficient (Wildman–Crippen LogP) is 4.71. The number of rotatable bonds is 3. The van der Waals surface area contributed by atoms with Gasteiger partial charge in [-0.1, -0.05) is 24.3 Å². The van der Waals surface area contributed by atoms with E-state index in [4.69, 9.17) is 9.15 Å². The Kier molecular flexibility index (Phi) is 4.68. The second-order valence-corrected chi connectivity index (χ2v) is 7.40. The molecule has 11 heteroatoms. The highest BCUT2D eigenvalue weighted by Crippen LogP contribution is 2.40. The number of fused-ring (bicyclic) bond motifs is 2. The number of halogens is 3. The average Bonchev–Trinajstić information content (AvgIpc) is 3.40. The molecule has 0 amide bonds. The van der Waals surface area contributed by atoms with Gasteiger partial charge in [-0.05, 0) is 25.1 Å². The van der Waals surface area contributed by atoms with Gasteiger partial charge in [-0.15, -0.1) is 0 Å². The molecular weight excluding hydrogens is 451 g/mol. The lowest BCUT2D eigenvalue weighted by atomic mass is 10.00. The van der Waals surface area contributed by atoms with E-state index in [0.29, 0.717) is 21.4 Å². The molecule has 0 saturated heterocycles. The molecule has 34 heavy (non-hydrogen) atoms. The second-order valence-electron chi connectivity index (χ2n) is 7.40. The number of oxazole rings is 1. The van der Waals surface area contributed by atoms with Gasteiger partial charge in [0.05, 0.1) is 24.3 Å².